The van der Waals surface area contributed by atoms with Gasteiger partial charge in [0.2, 0.25) is 0 Å². The van der Waals surface area contributed by atoms with Crippen molar-refractivity contribution in [3.63, 3.8) is 0 Å². The van der Waals surface area contributed by atoms with Gasteiger partial charge in [-0.2, -0.15) is 0 Å². The molecule has 1 fully saturated rings. The van der Waals surface area contributed by atoms with Crippen molar-refractivity contribution < 1.29 is 14.6 Å². The zero-order valence-corrected chi connectivity index (χ0v) is 8.25. The number of carboxylic acids is 1. The van der Waals surface area contributed by atoms with Crippen LogP contribution in [-0.4, -0.2) is 48.8 Å². The van der Waals surface area contributed by atoms with Crippen molar-refractivity contribution >= 4 is 5.97 Å². The predicted molar refractivity (Wildman–Crippen MR) is 48.7 cm³/mol. The molecule has 0 bridgehead atoms. The van der Waals surface area contributed by atoms with E-state index in [9.17, 15) is 4.79 Å². The fourth-order valence-corrected chi connectivity index (χ4v) is 1.68. The maximum absolute atomic E-state index is 10.1. The van der Waals surface area contributed by atoms with Crippen LogP contribution in [0.3, 0.4) is 0 Å². The van der Waals surface area contributed by atoms with E-state index in [1.54, 1.807) is 0 Å². The van der Waals surface area contributed by atoms with Gasteiger partial charge in [-0.15, -0.1) is 0 Å². The van der Waals surface area contributed by atoms with Crippen LogP contribution < -0.4 is 0 Å². The molecule has 4 nitrogen and oxygen atoms in total. The van der Waals surface area contributed by atoms with Crippen LogP contribution in [0.25, 0.3) is 0 Å². The van der Waals surface area contributed by atoms with Crippen LogP contribution in [0.2, 0.25) is 0 Å². The lowest BCUT2D eigenvalue weighted by molar-refractivity contribution is -0.142. The Morgan fingerprint density at radius 3 is 2.62 bits per heavy atom. The van der Waals surface area contributed by atoms with Gasteiger partial charge in [0.1, 0.15) is 6.61 Å². The van der Waals surface area contributed by atoms with Crippen LogP contribution >= 0.6 is 0 Å². The molecule has 1 heterocycles. The first kappa shape index (κ1) is 10.5. The van der Waals surface area contributed by atoms with Crippen molar-refractivity contribution in [2.45, 2.75) is 13.8 Å². The van der Waals surface area contributed by atoms with E-state index in [4.69, 9.17) is 9.84 Å². The van der Waals surface area contributed by atoms with Gasteiger partial charge < -0.3 is 9.84 Å². The van der Waals surface area contributed by atoms with Crippen LogP contribution in [0, 0.1) is 5.41 Å². The summed E-state index contributed by atoms with van der Waals surface area (Å²) in [5.41, 5.74) is 0.437. The second-order valence-electron chi connectivity index (χ2n) is 4.32. The molecule has 0 atom stereocenters. The first-order valence-corrected chi connectivity index (χ1v) is 4.51. The third-order valence-corrected chi connectivity index (χ3v) is 2.08. The van der Waals surface area contributed by atoms with Crippen molar-refractivity contribution in [1.82, 2.24) is 4.90 Å². The molecule has 0 aromatic heterocycles. The molecular weight excluding hydrogens is 170 g/mol. The molecule has 0 aromatic rings. The van der Waals surface area contributed by atoms with Crippen molar-refractivity contribution in [3.8, 4) is 0 Å². The Hall–Kier alpha value is -0.610. The van der Waals surface area contributed by atoms with Gasteiger partial charge in [0.15, 0.2) is 0 Å². The molecule has 4 heteroatoms. The lowest BCUT2D eigenvalue weighted by Crippen LogP contribution is -2.53. The van der Waals surface area contributed by atoms with Crippen LogP contribution in [0.5, 0.6) is 0 Å². The number of ether oxygens (including phenoxy) is 1. The number of nitrogens with zero attached hydrogens (tertiary/aromatic N) is 1. The van der Waals surface area contributed by atoms with Gasteiger partial charge in [-0.05, 0) is 5.41 Å². The summed E-state index contributed by atoms with van der Waals surface area (Å²) in [5.74, 6) is -0.899. The van der Waals surface area contributed by atoms with E-state index >= 15 is 0 Å². The zero-order chi connectivity index (χ0) is 9.90. The third-order valence-electron chi connectivity index (χ3n) is 2.08. The van der Waals surface area contributed by atoms with Crippen molar-refractivity contribution in [2.24, 2.45) is 5.41 Å². The zero-order valence-electron chi connectivity index (χ0n) is 8.25. The minimum Gasteiger partial charge on any atom is -0.480 e. The molecule has 0 aliphatic carbocycles. The minimum atomic E-state index is -0.899. The van der Waals surface area contributed by atoms with Gasteiger partial charge in [-0.3, -0.25) is 4.90 Å². The summed E-state index contributed by atoms with van der Waals surface area (Å²) in [7, 11) is 0. The Kier molecular flexibility index (Phi) is 3.27. The lowest BCUT2D eigenvalue weighted by Gasteiger charge is -2.45. The number of rotatable bonds is 5. The van der Waals surface area contributed by atoms with E-state index in [2.05, 4.69) is 18.7 Å². The Morgan fingerprint density at radius 2 is 2.15 bits per heavy atom. The summed E-state index contributed by atoms with van der Waals surface area (Å²) >= 11 is 0. The van der Waals surface area contributed by atoms with Crippen molar-refractivity contribution in [1.29, 1.82) is 0 Å². The Bertz CT molecular complexity index is 183. The van der Waals surface area contributed by atoms with E-state index in [0.29, 0.717) is 12.0 Å². The molecule has 13 heavy (non-hydrogen) atoms. The number of carboxylic acid groups (broad SMARTS) is 1. The summed E-state index contributed by atoms with van der Waals surface area (Å²) in [6, 6.07) is 0. The SMILES string of the molecule is CC1(C)CN(CCOCC(=O)O)C1. The second-order valence-corrected chi connectivity index (χ2v) is 4.32. The third kappa shape index (κ3) is 3.74. The summed E-state index contributed by atoms with van der Waals surface area (Å²) in [5, 5.41) is 8.29. The second kappa shape index (κ2) is 4.07. The van der Waals surface area contributed by atoms with E-state index in [1.807, 2.05) is 0 Å². The highest BCUT2D eigenvalue weighted by Crippen LogP contribution is 2.27. The van der Waals surface area contributed by atoms with Gasteiger partial charge in [-0.1, -0.05) is 13.8 Å². The smallest absolute Gasteiger partial charge is 0.329 e. The largest absolute Gasteiger partial charge is 0.480 e. The fraction of sp³-hybridized carbons (Fsp3) is 0.889. The maximum atomic E-state index is 10.1. The maximum Gasteiger partial charge on any atom is 0.329 e. The molecule has 0 spiro atoms. The minimum absolute atomic E-state index is 0.183. The van der Waals surface area contributed by atoms with Gasteiger partial charge in [0, 0.05) is 19.6 Å². The standard InChI is InChI=1S/C9H17NO3/c1-9(2)6-10(7-9)3-4-13-5-8(11)12/h3-7H2,1-2H3,(H,11,12). The molecule has 0 aromatic carbocycles. The normalized spacial score (nSPS) is 21.1. The molecule has 0 unspecified atom stereocenters. The van der Waals surface area contributed by atoms with Gasteiger partial charge in [-0.25, -0.2) is 4.79 Å². The average Bonchev–Trinajstić information content (AvgIpc) is 1.93. The van der Waals surface area contributed by atoms with Gasteiger partial charge in [0.05, 0.1) is 6.61 Å². The number of carbonyl (C=O) groups is 1. The molecule has 0 amide bonds. The van der Waals surface area contributed by atoms with Crippen LogP contribution in [0.1, 0.15) is 13.8 Å². The van der Waals surface area contributed by atoms with Crippen LogP contribution in [0.4, 0.5) is 0 Å². The number of likely N-dealkylation sites (tertiary alicyclic amines) is 1. The molecule has 0 saturated carbocycles. The topological polar surface area (TPSA) is 49.8 Å². The molecule has 1 saturated heterocycles. The highest BCUT2D eigenvalue weighted by molar-refractivity contribution is 5.67. The number of hydrogen-bond donors (Lipinski definition) is 1. The number of hydrogen-bond acceptors (Lipinski definition) is 3. The molecule has 1 aliphatic heterocycles. The highest BCUT2D eigenvalue weighted by atomic mass is 16.5. The summed E-state index contributed by atoms with van der Waals surface area (Å²) in [6.45, 7) is 7.80. The van der Waals surface area contributed by atoms with Gasteiger partial charge >= 0.3 is 5.97 Å². The average molecular weight is 187 g/mol. The van der Waals surface area contributed by atoms with E-state index in [0.717, 1.165) is 19.6 Å². The monoisotopic (exact) mass is 187 g/mol. The van der Waals surface area contributed by atoms with Gasteiger partial charge in [0.25, 0.3) is 0 Å². The highest BCUT2D eigenvalue weighted by Gasteiger charge is 2.33. The van der Waals surface area contributed by atoms with Crippen molar-refractivity contribution in [2.75, 3.05) is 32.8 Å². The lowest BCUT2D eigenvalue weighted by atomic mass is 9.84. The van der Waals surface area contributed by atoms with E-state index < -0.39 is 5.97 Å². The Balaban J connectivity index is 1.94. The van der Waals surface area contributed by atoms with E-state index in [1.165, 1.54) is 0 Å². The van der Waals surface area contributed by atoms with Crippen LogP contribution in [-0.2, 0) is 9.53 Å². The number of aliphatic carboxylic acids is 1. The predicted octanol–water partition coefficient (Wildman–Crippen LogP) is 0.429. The molecule has 1 rings (SSSR count). The first-order valence-electron chi connectivity index (χ1n) is 4.51. The fourth-order valence-electron chi connectivity index (χ4n) is 1.68. The van der Waals surface area contributed by atoms with Crippen molar-refractivity contribution in [3.05, 3.63) is 0 Å². The Morgan fingerprint density at radius 1 is 1.54 bits per heavy atom. The molecule has 1 N–H and O–H groups in total. The molecule has 0 radical (unpaired) electrons. The molecule has 76 valence electrons. The summed E-state index contributed by atoms with van der Waals surface area (Å²) in [6.07, 6.45) is 0. The Labute approximate surface area is 78.5 Å². The summed E-state index contributed by atoms with van der Waals surface area (Å²) in [4.78, 5) is 12.4. The van der Waals surface area contributed by atoms with E-state index in [-0.39, 0.29) is 6.61 Å². The first-order chi connectivity index (χ1) is 5.99. The quantitative estimate of drug-likeness (QED) is 0.634. The summed E-state index contributed by atoms with van der Waals surface area (Å²) < 4.78 is 4.93. The molecular formula is C9H17NO3. The van der Waals surface area contributed by atoms with Crippen LogP contribution in [0.15, 0.2) is 0 Å². The molecule has 1 aliphatic rings.